The summed E-state index contributed by atoms with van der Waals surface area (Å²) in [6.45, 7) is 4.05. The van der Waals surface area contributed by atoms with Gasteiger partial charge >= 0.3 is 0 Å². The van der Waals surface area contributed by atoms with Crippen molar-refractivity contribution in [2.24, 2.45) is 0 Å². The quantitative estimate of drug-likeness (QED) is 0.227. The number of thioether (sulfide) groups is 1. The minimum atomic E-state index is -0.0870. The number of allylic oxidation sites excluding steroid dienone is 4. The molecular weight excluding hydrogens is 420 g/mol. The van der Waals surface area contributed by atoms with Crippen LogP contribution in [0, 0.1) is 0 Å². The van der Waals surface area contributed by atoms with Gasteiger partial charge in [0.1, 0.15) is 0 Å². The van der Waals surface area contributed by atoms with Crippen LogP contribution in [0.15, 0.2) is 129 Å². The Morgan fingerprint density at radius 1 is 0.839 bits per heavy atom. The fraction of sp³-hybridized carbons (Fsp3) is 0.0370. The third-order valence-electron chi connectivity index (χ3n) is 4.74. The fourth-order valence-corrected chi connectivity index (χ4v) is 5.07. The number of Topliss-reactive ketones (excluding diaryl/α,β-unsaturated/α-hetero) is 2. The van der Waals surface area contributed by atoms with Crippen molar-refractivity contribution in [2.45, 2.75) is 21.1 Å². The van der Waals surface area contributed by atoms with Gasteiger partial charge in [-0.3, -0.25) is 9.59 Å². The molecule has 0 heterocycles. The third kappa shape index (κ3) is 5.16. The monoisotopic (exact) mass is 440 g/mol. The summed E-state index contributed by atoms with van der Waals surface area (Å²) < 4.78 is 0. The van der Waals surface area contributed by atoms with Crippen molar-refractivity contribution in [3.63, 3.8) is 0 Å². The normalized spacial score (nSPS) is 14.8. The van der Waals surface area contributed by atoms with E-state index in [0.29, 0.717) is 16.7 Å². The predicted molar refractivity (Wildman–Crippen MR) is 129 cm³/mol. The Kier molecular flexibility index (Phi) is 6.70. The molecule has 0 aromatic heterocycles. The molecule has 0 amide bonds. The Balaban J connectivity index is 1.52. The van der Waals surface area contributed by atoms with Gasteiger partial charge in [-0.2, -0.15) is 0 Å². The summed E-state index contributed by atoms with van der Waals surface area (Å²) in [7, 11) is 0. The minimum absolute atomic E-state index is 0.0224. The van der Waals surface area contributed by atoms with Crippen LogP contribution < -0.4 is 0 Å². The zero-order valence-electron chi connectivity index (χ0n) is 16.8. The Bertz CT molecular complexity index is 1190. The van der Waals surface area contributed by atoms with E-state index >= 15 is 0 Å². The molecule has 3 aromatic carbocycles. The first-order chi connectivity index (χ1) is 15.1. The van der Waals surface area contributed by atoms with Crippen molar-refractivity contribution in [1.29, 1.82) is 0 Å². The SMILES string of the molecule is C=C(/C=C\C=C1/CC(=O)c2c(Sc3ccccc3)cccc2C1=O)Sc1ccccc1. The molecule has 0 saturated heterocycles. The van der Waals surface area contributed by atoms with E-state index < -0.39 is 0 Å². The van der Waals surface area contributed by atoms with E-state index in [9.17, 15) is 9.59 Å². The minimum Gasteiger partial charge on any atom is -0.294 e. The molecule has 1 aliphatic rings. The molecular formula is C27H20O2S2. The van der Waals surface area contributed by atoms with Crippen molar-refractivity contribution >= 4 is 35.1 Å². The molecule has 0 aliphatic heterocycles. The molecule has 0 radical (unpaired) electrons. The van der Waals surface area contributed by atoms with Crippen LogP contribution in [0.2, 0.25) is 0 Å². The summed E-state index contributed by atoms with van der Waals surface area (Å²) in [6.07, 6.45) is 5.50. The molecule has 0 N–H and O–H groups in total. The summed E-state index contributed by atoms with van der Waals surface area (Å²) in [6, 6.07) is 25.3. The fourth-order valence-electron chi connectivity index (χ4n) is 3.30. The van der Waals surface area contributed by atoms with Gasteiger partial charge in [0.2, 0.25) is 0 Å². The van der Waals surface area contributed by atoms with Crippen LogP contribution in [0.25, 0.3) is 0 Å². The van der Waals surface area contributed by atoms with Crippen LogP contribution in [0.1, 0.15) is 27.1 Å². The highest BCUT2D eigenvalue weighted by Gasteiger charge is 2.29. The van der Waals surface area contributed by atoms with E-state index in [1.54, 1.807) is 30.0 Å². The molecule has 0 fully saturated rings. The summed E-state index contributed by atoms with van der Waals surface area (Å²) in [5, 5.41) is 0. The zero-order chi connectivity index (χ0) is 21.6. The van der Waals surface area contributed by atoms with E-state index in [4.69, 9.17) is 0 Å². The number of ketones is 2. The molecule has 0 bridgehead atoms. The molecule has 0 atom stereocenters. The molecule has 31 heavy (non-hydrogen) atoms. The first kappa shape index (κ1) is 21.2. The molecule has 0 unspecified atom stereocenters. The van der Waals surface area contributed by atoms with Crippen molar-refractivity contribution in [1.82, 2.24) is 0 Å². The van der Waals surface area contributed by atoms with Gasteiger partial charge in [0.05, 0.1) is 0 Å². The van der Waals surface area contributed by atoms with Crippen molar-refractivity contribution in [3.8, 4) is 0 Å². The highest BCUT2D eigenvalue weighted by atomic mass is 32.2. The van der Waals surface area contributed by atoms with Gasteiger partial charge in [0.25, 0.3) is 0 Å². The van der Waals surface area contributed by atoms with Crippen LogP contribution in [0.3, 0.4) is 0 Å². The second-order valence-electron chi connectivity index (χ2n) is 6.96. The van der Waals surface area contributed by atoms with Crippen molar-refractivity contribution < 1.29 is 9.59 Å². The number of hydrogen-bond donors (Lipinski definition) is 0. The lowest BCUT2D eigenvalue weighted by Crippen LogP contribution is -2.20. The number of benzene rings is 3. The molecule has 2 nitrogen and oxygen atoms in total. The van der Waals surface area contributed by atoms with Gasteiger partial charge < -0.3 is 0 Å². The maximum Gasteiger partial charge on any atom is 0.190 e. The van der Waals surface area contributed by atoms with Crippen LogP contribution in [0.4, 0.5) is 0 Å². The van der Waals surface area contributed by atoms with Crippen LogP contribution in [0.5, 0.6) is 0 Å². The maximum atomic E-state index is 13.0. The smallest absolute Gasteiger partial charge is 0.190 e. The van der Waals surface area contributed by atoms with Crippen molar-refractivity contribution in [3.05, 3.63) is 125 Å². The summed E-state index contributed by atoms with van der Waals surface area (Å²) in [4.78, 5) is 29.8. The molecule has 0 saturated carbocycles. The topological polar surface area (TPSA) is 34.1 Å². The largest absolute Gasteiger partial charge is 0.294 e. The zero-order valence-corrected chi connectivity index (χ0v) is 18.4. The third-order valence-corrected chi connectivity index (χ3v) is 6.71. The molecule has 3 aromatic rings. The molecule has 4 heteroatoms. The van der Waals surface area contributed by atoms with E-state index in [-0.39, 0.29) is 18.0 Å². The predicted octanol–water partition coefficient (Wildman–Crippen LogP) is 7.40. The Morgan fingerprint density at radius 2 is 1.52 bits per heavy atom. The Labute approximate surface area is 190 Å². The number of carbonyl (C=O) groups is 2. The second-order valence-corrected chi connectivity index (χ2v) is 9.27. The average molecular weight is 441 g/mol. The van der Waals surface area contributed by atoms with Crippen molar-refractivity contribution in [2.75, 3.05) is 0 Å². The van der Waals surface area contributed by atoms with Gasteiger partial charge in [-0.15, -0.1) is 0 Å². The lowest BCUT2D eigenvalue weighted by molar-refractivity contribution is 0.0933. The highest BCUT2D eigenvalue weighted by Crippen LogP contribution is 2.36. The van der Waals surface area contributed by atoms with Gasteiger partial charge in [-0.05, 0) is 36.4 Å². The standard InChI is InChI=1S/C27H20O2S2/c1-19(30-21-12-4-2-5-13-21)10-8-11-20-18-24(28)26-23(27(20)29)16-9-17-25(26)31-22-14-6-3-7-15-22/h2-17H,1,18H2/b10-8-,20-11+. The lowest BCUT2D eigenvalue weighted by atomic mass is 9.85. The van der Waals surface area contributed by atoms with Crippen LogP contribution in [-0.4, -0.2) is 11.6 Å². The van der Waals surface area contributed by atoms with Gasteiger partial charge in [-0.1, -0.05) is 90.8 Å². The van der Waals surface area contributed by atoms with Crippen LogP contribution in [-0.2, 0) is 0 Å². The van der Waals surface area contributed by atoms with E-state index in [0.717, 1.165) is 19.6 Å². The van der Waals surface area contributed by atoms with Crippen LogP contribution >= 0.6 is 23.5 Å². The summed E-state index contributed by atoms with van der Waals surface area (Å²) >= 11 is 3.07. The molecule has 152 valence electrons. The maximum absolute atomic E-state index is 13.0. The summed E-state index contributed by atoms with van der Waals surface area (Å²) in [5.41, 5.74) is 1.52. The second kappa shape index (κ2) is 9.82. The summed E-state index contributed by atoms with van der Waals surface area (Å²) in [5.74, 6) is -0.109. The average Bonchev–Trinajstić information content (AvgIpc) is 2.78. The first-order valence-corrected chi connectivity index (χ1v) is 11.5. The Hall–Kier alpha value is -3.08. The lowest BCUT2D eigenvalue weighted by Gasteiger charge is -2.19. The molecule has 1 aliphatic carbocycles. The molecule has 0 spiro atoms. The van der Waals surface area contributed by atoms with Gasteiger partial charge in [0.15, 0.2) is 11.6 Å². The van der Waals surface area contributed by atoms with E-state index in [2.05, 4.69) is 6.58 Å². The van der Waals surface area contributed by atoms with E-state index in [1.165, 1.54) is 11.8 Å². The van der Waals surface area contributed by atoms with E-state index in [1.807, 2.05) is 78.9 Å². The van der Waals surface area contributed by atoms with Gasteiger partial charge in [-0.25, -0.2) is 0 Å². The number of fused-ring (bicyclic) bond motifs is 1. The number of hydrogen-bond acceptors (Lipinski definition) is 4. The highest BCUT2D eigenvalue weighted by molar-refractivity contribution is 8.03. The molecule has 4 rings (SSSR count). The first-order valence-electron chi connectivity index (χ1n) is 9.84. The Morgan fingerprint density at radius 3 is 2.23 bits per heavy atom. The number of carbonyl (C=O) groups excluding carboxylic acids is 2. The van der Waals surface area contributed by atoms with Gasteiger partial charge in [0, 0.05) is 42.7 Å². The number of rotatable bonds is 6.